The SMILES string of the molecule is COc1ccc(-c2ccc3c(c2)CN(c2nc(CN(C)CC4CN(c5nc(CN(C)C)nc6c5CC(C)(C)CC6)Cc5cc(-c6ccc7nc(CF)[nH]c7c6)ccc5O4)nc4c2CC(C)(C)CC4)CCO3)cc1OC. The molecule has 0 bridgehead atoms. The third-order valence-electron chi connectivity index (χ3n) is 15.5. The molecular weight excluding hydrogens is 944 g/mol. The van der Waals surface area contributed by atoms with Crippen molar-refractivity contribution in [3.8, 4) is 45.3 Å². The zero-order valence-electron chi connectivity index (χ0n) is 45.1. The number of nitrogens with one attached hydrogen (secondary N) is 1. The molecule has 0 saturated heterocycles. The second-order valence-electron chi connectivity index (χ2n) is 23.0. The first kappa shape index (κ1) is 50.3. The maximum atomic E-state index is 13.6. The van der Waals surface area contributed by atoms with Crippen molar-refractivity contribution in [1.82, 2.24) is 39.7 Å². The first-order chi connectivity index (χ1) is 36.1. The quantitative estimate of drug-likeness (QED) is 0.118. The third kappa shape index (κ3) is 10.7. The van der Waals surface area contributed by atoms with E-state index in [1.165, 1.54) is 11.1 Å². The predicted molar refractivity (Wildman–Crippen MR) is 293 cm³/mol. The van der Waals surface area contributed by atoms with Gasteiger partial charge in [-0.15, -0.1) is 0 Å². The summed E-state index contributed by atoms with van der Waals surface area (Å²) in [5.41, 5.74) is 13.0. The molecule has 3 aromatic heterocycles. The largest absolute Gasteiger partial charge is 0.493 e. The summed E-state index contributed by atoms with van der Waals surface area (Å²) >= 11 is 0. The molecule has 1 unspecified atom stereocenters. The Balaban J connectivity index is 0.913. The van der Waals surface area contributed by atoms with Crippen LogP contribution in [-0.2, 0) is 58.5 Å². The van der Waals surface area contributed by atoms with E-state index < -0.39 is 6.67 Å². The van der Waals surface area contributed by atoms with E-state index in [4.69, 9.17) is 38.9 Å². The van der Waals surface area contributed by atoms with E-state index in [0.717, 1.165) is 129 Å². The molecule has 14 nitrogen and oxygen atoms in total. The van der Waals surface area contributed by atoms with Crippen LogP contribution in [0.2, 0.25) is 0 Å². The van der Waals surface area contributed by atoms with Gasteiger partial charge < -0.3 is 38.6 Å². The zero-order valence-corrected chi connectivity index (χ0v) is 45.1. The summed E-state index contributed by atoms with van der Waals surface area (Å²) in [7, 11) is 9.63. The summed E-state index contributed by atoms with van der Waals surface area (Å²) in [5.74, 6) is 7.11. The molecule has 0 radical (unpaired) electrons. The number of aryl methyl sites for hydroxylation is 2. The Bertz CT molecular complexity index is 3260. The summed E-state index contributed by atoms with van der Waals surface area (Å²) < 4.78 is 38.4. The number of fused-ring (bicyclic) bond motifs is 5. The van der Waals surface area contributed by atoms with Crippen LogP contribution in [-0.4, -0.2) is 107 Å². The Morgan fingerprint density at radius 3 is 1.93 bits per heavy atom. The molecule has 4 aliphatic rings. The van der Waals surface area contributed by atoms with Crippen molar-refractivity contribution in [1.29, 1.82) is 0 Å². The van der Waals surface area contributed by atoms with Crippen LogP contribution in [0.5, 0.6) is 23.0 Å². The fourth-order valence-corrected chi connectivity index (χ4v) is 11.6. The van der Waals surface area contributed by atoms with Gasteiger partial charge in [0.1, 0.15) is 60.0 Å². The number of ether oxygens (including phenoxy) is 4. The molecule has 0 saturated carbocycles. The Kier molecular flexibility index (Phi) is 13.7. The molecule has 75 heavy (non-hydrogen) atoms. The summed E-state index contributed by atoms with van der Waals surface area (Å²) in [6, 6.07) is 25.0. The van der Waals surface area contributed by atoms with E-state index in [0.29, 0.717) is 69.7 Å². The average Bonchev–Trinajstić information content (AvgIpc) is 3.57. The lowest BCUT2D eigenvalue weighted by Gasteiger charge is -2.35. The first-order valence-corrected chi connectivity index (χ1v) is 26.5. The highest BCUT2D eigenvalue weighted by molar-refractivity contribution is 5.82. The van der Waals surface area contributed by atoms with E-state index in [1.54, 1.807) is 14.2 Å². The molecule has 7 aromatic rings. The van der Waals surface area contributed by atoms with Crippen LogP contribution in [0.15, 0.2) is 72.8 Å². The van der Waals surface area contributed by atoms with Crippen molar-refractivity contribution < 1.29 is 23.3 Å². The van der Waals surface area contributed by atoms with Gasteiger partial charge in [-0.05, 0) is 141 Å². The number of nitrogens with zero attached hydrogens (tertiary/aromatic N) is 9. The van der Waals surface area contributed by atoms with Crippen molar-refractivity contribution in [3.63, 3.8) is 0 Å². The molecule has 1 N–H and O–H groups in total. The minimum atomic E-state index is -0.638. The topological polar surface area (TPSA) is 130 Å². The molecule has 0 amide bonds. The molecule has 392 valence electrons. The second-order valence-corrected chi connectivity index (χ2v) is 23.0. The normalized spacial score (nSPS) is 17.8. The maximum Gasteiger partial charge on any atom is 0.161 e. The van der Waals surface area contributed by atoms with E-state index in [1.807, 2.05) is 18.2 Å². The molecule has 2 aliphatic heterocycles. The standard InChI is InChI=1S/C60H71FN10O4/c1-59(2)20-18-46-44(28-59)57(70-22-23-74-50-15-11-38(24-41(50)31-70)40-13-17-52(72-8)53(27-40)73-9)67-56(63-46)36-69(7)33-43-34-71(58-45-29-60(3,4)21-19-47(45)62-55(66-58)35-68(5)6)32-42-25-37(12-16-51(42)75-43)39-10-14-48-49(26-39)65-54(30-61)64-48/h10-17,24-27,43H,18-23,28-36H2,1-9H3,(H,64,65). The van der Waals surface area contributed by atoms with Crippen molar-refractivity contribution in [2.24, 2.45) is 10.8 Å². The number of imidazole rings is 1. The molecule has 15 heteroatoms. The highest BCUT2D eigenvalue weighted by atomic mass is 19.1. The van der Waals surface area contributed by atoms with Gasteiger partial charge >= 0.3 is 0 Å². The van der Waals surface area contributed by atoms with E-state index >= 15 is 0 Å². The number of benzene rings is 4. The van der Waals surface area contributed by atoms with Crippen LogP contribution < -0.4 is 28.7 Å². The van der Waals surface area contributed by atoms with Gasteiger partial charge in [-0.2, -0.15) is 0 Å². The fraction of sp³-hybridized carbons (Fsp3) is 0.450. The number of H-pyrrole nitrogens is 1. The average molecular weight is 1020 g/mol. The molecular formula is C60H71FN10O4. The van der Waals surface area contributed by atoms with Gasteiger partial charge in [-0.1, -0.05) is 52.0 Å². The van der Waals surface area contributed by atoms with Crippen molar-refractivity contribution in [2.45, 2.75) is 105 Å². The molecule has 0 spiro atoms. The number of likely N-dealkylation sites (N-methyl/N-ethyl adjacent to an activating group) is 1. The Labute approximate surface area is 440 Å². The lowest BCUT2D eigenvalue weighted by Crippen LogP contribution is -2.42. The van der Waals surface area contributed by atoms with Gasteiger partial charge in [-0.3, -0.25) is 4.90 Å². The predicted octanol–water partition coefficient (Wildman–Crippen LogP) is 10.4. The fourth-order valence-electron chi connectivity index (χ4n) is 11.6. The van der Waals surface area contributed by atoms with Gasteiger partial charge in [0.15, 0.2) is 11.5 Å². The monoisotopic (exact) mass is 1010 g/mol. The molecule has 4 aromatic carbocycles. The highest BCUT2D eigenvalue weighted by Gasteiger charge is 2.35. The van der Waals surface area contributed by atoms with Gasteiger partial charge in [0.05, 0.1) is 51.4 Å². The van der Waals surface area contributed by atoms with Gasteiger partial charge in [-0.25, -0.2) is 29.3 Å². The first-order valence-electron chi connectivity index (χ1n) is 26.5. The van der Waals surface area contributed by atoms with Crippen LogP contribution in [0.25, 0.3) is 33.3 Å². The molecule has 2 aliphatic carbocycles. The second kappa shape index (κ2) is 20.4. The van der Waals surface area contributed by atoms with Crippen molar-refractivity contribution in [3.05, 3.63) is 124 Å². The van der Waals surface area contributed by atoms with Crippen LogP contribution in [0.4, 0.5) is 16.0 Å². The molecule has 5 heterocycles. The summed E-state index contributed by atoms with van der Waals surface area (Å²) in [5, 5.41) is 0. The van der Waals surface area contributed by atoms with Gasteiger partial charge in [0.2, 0.25) is 0 Å². The number of anilines is 2. The lowest BCUT2D eigenvalue weighted by atomic mass is 9.76. The highest BCUT2D eigenvalue weighted by Crippen LogP contribution is 2.43. The molecule has 11 rings (SSSR count). The summed E-state index contributed by atoms with van der Waals surface area (Å²) in [4.78, 5) is 38.3. The van der Waals surface area contributed by atoms with Gasteiger partial charge in [0.25, 0.3) is 0 Å². The van der Waals surface area contributed by atoms with Crippen molar-refractivity contribution in [2.75, 3.05) is 71.4 Å². The Morgan fingerprint density at radius 1 is 0.680 bits per heavy atom. The Morgan fingerprint density at radius 2 is 1.27 bits per heavy atom. The van der Waals surface area contributed by atoms with Crippen molar-refractivity contribution >= 4 is 22.7 Å². The zero-order chi connectivity index (χ0) is 52.2. The summed E-state index contributed by atoms with van der Waals surface area (Å²) in [6.07, 6.45) is 5.57. The third-order valence-corrected chi connectivity index (χ3v) is 15.5. The maximum absolute atomic E-state index is 13.6. The summed E-state index contributed by atoms with van der Waals surface area (Å²) in [6.45, 7) is 13.7. The minimum absolute atomic E-state index is 0.122. The smallest absolute Gasteiger partial charge is 0.161 e. The van der Waals surface area contributed by atoms with E-state index in [-0.39, 0.29) is 16.9 Å². The Hall–Kier alpha value is -6.84. The van der Waals surface area contributed by atoms with Crippen LogP contribution in [0.3, 0.4) is 0 Å². The number of halogens is 1. The minimum Gasteiger partial charge on any atom is -0.493 e. The number of aromatic amines is 1. The number of methoxy groups -OCH3 is 2. The number of hydrogen-bond acceptors (Lipinski definition) is 13. The number of aromatic nitrogens is 6. The van der Waals surface area contributed by atoms with Crippen LogP contribution in [0.1, 0.15) is 91.7 Å². The van der Waals surface area contributed by atoms with E-state index in [9.17, 15) is 4.39 Å². The van der Waals surface area contributed by atoms with E-state index in [2.05, 4.69) is 133 Å². The molecule has 1 atom stereocenters. The number of rotatable bonds is 13. The lowest BCUT2D eigenvalue weighted by molar-refractivity contribution is 0.150. The molecule has 0 fully saturated rings. The number of hydrogen-bond donors (Lipinski definition) is 1. The van der Waals surface area contributed by atoms with Gasteiger partial charge in [0, 0.05) is 53.3 Å². The number of alkyl halides is 1. The van der Waals surface area contributed by atoms with Crippen LogP contribution in [0, 0.1) is 10.8 Å². The van der Waals surface area contributed by atoms with Crippen LogP contribution >= 0.6 is 0 Å².